The summed E-state index contributed by atoms with van der Waals surface area (Å²) in [6.45, 7) is 5.07. The second-order valence-corrected chi connectivity index (χ2v) is 9.10. The Bertz CT molecular complexity index is 1630. The number of para-hydroxylation sites is 1. The van der Waals surface area contributed by atoms with Crippen LogP contribution in [0.3, 0.4) is 0 Å². The Labute approximate surface area is 214 Å². The summed E-state index contributed by atoms with van der Waals surface area (Å²) < 4.78 is 1.96. The highest BCUT2D eigenvalue weighted by molar-refractivity contribution is 6.58. The number of hydrogen-bond acceptors (Lipinski definition) is 6. The molecule has 3 N–H and O–H groups in total. The summed E-state index contributed by atoms with van der Waals surface area (Å²) in [5.41, 5.74) is 6.58. The quantitative estimate of drug-likeness (QED) is 0.316. The predicted molar refractivity (Wildman–Crippen MR) is 146 cm³/mol. The molecule has 0 radical (unpaired) electrons. The molecule has 184 valence electrons. The molecule has 8 nitrogen and oxygen atoms in total. The zero-order valence-corrected chi connectivity index (χ0v) is 20.7. The molecule has 37 heavy (non-hydrogen) atoms. The topological polar surface area (TPSA) is 113 Å². The molecule has 2 aromatic carbocycles. The van der Waals surface area contributed by atoms with Crippen molar-refractivity contribution in [1.29, 1.82) is 0 Å². The van der Waals surface area contributed by atoms with Crippen LogP contribution in [0.25, 0.3) is 33.1 Å². The van der Waals surface area contributed by atoms with E-state index in [-0.39, 0.29) is 0 Å². The maximum absolute atomic E-state index is 8.90. The van der Waals surface area contributed by atoms with E-state index in [9.17, 15) is 0 Å². The molecule has 0 aliphatic heterocycles. The summed E-state index contributed by atoms with van der Waals surface area (Å²) in [5, 5.41) is 31.8. The van der Waals surface area contributed by atoms with Gasteiger partial charge in [-0.3, -0.25) is 14.8 Å². The molecule has 0 atom stereocenters. The average molecular weight is 490 g/mol. The van der Waals surface area contributed by atoms with Gasteiger partial charge in [0, 0.05) is 35.3 Å². The van der Waals surface area contributed by atoms with Gasteiger partial charge in [-0.1, -0.05) is 68.4 Å². The molecular formula is C28H27BN6O2. The number of rotatable bonds is 5. The van der Waals surface area contributed by atoms with Crippen molar-refractivity contribution in [3.05, 3.63) is 103 Å². The third-order valence-electron chi connectivity index (χ3n) is 6.10. The van der Waals surface area contributed by atoms with Gasteiger partial charge in [0.05, 0.1) is 23.6 Å². The van der Waals surface area contributed by atoms with Gasteiger partial charge in [0.15, 0.2) is 5.65 Å². The molecule has 6 rings (SSSR count). The number of H-pyrrole nitrogens is 1. The molecule has 0 saturated carbocycles. The van der Waals surface area contributed by atoms with Crippen molar-refractivity contribution >= 4 is 34.5 Å². The average Bonchev–Trinajstić information content (AvgIpc) is 3.57. The zero-order chi connectivity index (χ0) is 25.8. The van der Waals surface area contributed by atoms with E-state index in [1.165, 1.54) is 11.8 Å². The molecule has 0 saturated heterocycles. The lowest BCUT2D eigenvalue weighted by molar-refractivity contribution is 0.425. The Hall–Kier alpha value is -4.34. The highest BCUT2D eigenvalue weighted by Gasteiger charge is 2.16. The van der Waals surface area contributed by atoms with Gasteiger partial charge in [0.2, 0.25) is 0 Å². The Morgan fingerprint density at radius 1 is 0.946 bits per heavy atom. The summed E-state index contributed by atoms with van der Waals surface area (Å²) in [5.74, 6) is 0.359. The molecule has 0 unspecified atom stereocenters. The standard InChI is InChI=1S/C19H19N5.C9H8BNO2/c1-13(2)18-17-16(8-9-20-19(17)23-22-18)15-10-21-24(12-15)11-14-6-4-3-5-7-14;12-10(13)8-5-7-3-1-2-4-9(7)11-6-8/h3-10,12-13H,11H2,1-2H3,(H,20,22,23);1-6,12-13H. The third kappa shape index (κ3) is 5.43. The first kappa shape index (κ1) is 24.4. The maximum atomic E-state index is 8.90. The van der Waals surface area contributed by atoms with E-state index < -0.39 is 7.12 Å². The number of fused-ring (bicyclic) bond motifs is 2. The van der Waals surface area contributed by atoms with Gasteiger partial charge >= 0.3 is 7.12 Å². The highest BCUT2D eigenvalue weighted by atomic mass is 16.4. The number of nitrogens with one attached hydrogen (secondary N) is 1. The summed E-state index contributed by atoms with van der Waals surface area (Å²) >= 11 is 0. The van der Waals surface area contributed by atoms with Gasteiger partial charge in [0.25, 0.3) is 0 Å². The molecule has 0 fully saturated rings. The van der Waals surface area contributed by atoms with E-state index in [0.29, 0.717) is 11.4 Å². The van der Waals surface area contributed by atoms with Crippen LogP contribution in [-0.2, 0) is 6.54 Å². The largest absolute Gasteiger partial charge is 0.490 e. The smallest absolute Gasteiger partial charge is 0.423 e. The lowest BCUT2D eigenvalue weighted by Gasteiger charge is -2.05. The van der Waals surface area contributed by atoms with Gasteiger partial charge < -0.3 is 10.0 Å². The summed E-state index contributed by atoms with van der Waals surface area (Å²) in [6, 6.07) is 21.6. The molecule has 0 aliphatic carbocycles. The van der Waals surface area contributed by atoms with Crippen molar-refractivity contribution < 1.29 is 10.0 Å². The van der Waals surface area contributed by atoms with Crippen molar-refractivity contribution in [2.45, 2.75) is 26.3 Å². The normalized spacial score (nSPS) is 11.1. The predicted octanol–water partition coefficient (Wildman–Crippen LogP) is 3.91. The number of nitrogens with zero attached hydrogens (tertiary/aromatic N) is 5. The Balaban J connectivity index is 0.000000182. The van der Waals surface area contributed by atoms with E-state index in [2.05, 4.69) is 57.4 Å². The van der Waals surface area contributed by atoms with Crippen molar-refractivity contribution in [2.75, 3.05) is 0 Å². The minimum atomic E-state index is -1.45. The first-order valence-corrected chi connectivity index (χ1v) is 12.1. The van der Waals surface area contributed by atoms with Gasteiger partial charge in [0.1, 0.15) is 0 Å². The summed E-state index contributed by atoms with van der Waals surface area (Å²) in [7, 11) is -1.45. The number of hydrogen-bond donors (Lipinski definition) is 3. The van der Waals surface area contributed by atoms with Gasteiger partial charge in [-0.25, -0.2) is 4.98 Å². The van der Waals surface area contributed by atoms with Crippen molar-refractivity contribution in [3.63, 3.8) is 0 Å². The first-order chi connectivity index (χ1) is 18.0. The van der Waals surface area contributed by atoms with E-state index in [4.69, 9.17) is 10.0 Å². The third-order valence-corrected chi connectivity index (χ3v) is 6.10. The molecule has 0 aliphatic rings. The Morgan fingerprint density at radius 2 is 1.73 bits per heavy atom. The monoisotopic (exact) mass is 490 g/mol. The fourth-order valence-corrected chi connectivity index (χ4v) is 4.22. The molecule has 9 heteroatoms. The van der Waals surface area contributed by atoms with Crippen LogP contribution in [0, 0.1) is 0 Å². The van der Waals surface area contributed by atoms with Crippen LogP contribution in [0.1, 0.15) is 31.0 Å². The van der Waals surface area contributed by atoms with Crippen molar-refractivity contribution in [3.8, 4) is 11.1 Å². The lowest BCUT2D eigenvalue weighted by atomic mass is 9.81. The van der Waals surface area contributed by atoms with E-state index in [1.54, 1.807) is 12.3 Å². The first-order valence-electron chi connectivity index (χ1n) is 12.1. The van der Waals surface area contributed by atoms with E-state index >= 15 is 0 Å². The zero-order valence-electron chi connectivity index (χ0n) is 20.7. The second-order valence-electron chi connectivity index (χ2n) is 9.10. The highest BCUT2D eigenvalue weighted by Crippen LogP contribution is 2.31. The Morgan fingerprint density at radius 3 is 2.51 bits per heavy atom. The second kappa shape index (κ2) is 10.7. The molecular weight excluding hydrogens is 463 g/mol. The minimum Gasteiger partial charge on any atom is -0.423 e. The van der Waals surface area contributed by atoms with Gasteiger partial charge in [-0.15, -0.1) is 0 Å². The van der Waals surface area contributed by atoms with Gasteiger partial charge in [-0.05, 0) is 34.6 Å². The molecule has 4 aromatic heterocycles. The SMILES string of the molecule is CC(C)c1[nH]nc2nccc(-c3cnn(Cc4ccccc4)c3)c12.OB(O)c1cnc2ccccc2c1. The molecule has 0 spiro atoms. The van der Waals surface area contributed by atoms with Crippen LogP contribution in [0.2, 0.25) is 0 Å². The fraction of sp³-hybridized carbons (Fsp3) is 0.143. The van der Waals surface area contributed by atoms with Crippen LogP contribution in [-0.4, -0.2) is 47.1 Å². The number of benzene rings is 2. The number of aromatic amines is 1. The fourth-order valence-electron chi connectivity index (χ4n) is 4.22. The van der Waals surface area contributed by atoms with Crippen LogP contribution >= 0.6 is 0 Å². The van der Waals surface area contributed by atoms with Crippen molar-refractivity contribution in [2.24, 2.45) is 0 Å². The van der Waals surface area contributed by atoms with E-state index in [0.717, 1.165) is 45.3 Å². The number of aromatic nitrogens is 6. The van der Waals surface area contributed by atoms with Crippen molar-refractivity contribution in [1.82, 2.24) is 29.9 Å². The van der Waals surface area contributed by atoms with Crippen LogP contribution in [0.15, 0.2) is 91.5 Å². The molecule has 0 bridgehead atoms. The minimum absolute atomic E-state index is 0.359. The van der Waals surface area contributed by atoms with E-state index in [1.807, 2.05) is 59.4 Å². The van der Waals surface area contributed by atoms with Crippen LogP contribution in [0.5, 0.6) is 0 Å². The van der Waals surface area contributed by atoms with Gasteiger partial charge in [-0.2, -0.15) is 10.2 Å². The molecule has 0 amide bonds. The maximum Gasteiger partial charge on any atom is 0.490 e. The van der Waals surface area contributed by atoms with Crippen LogP contribution in [0.4, 0.5) is 0 Å². The molecule has 4 heterocycles. The summed E-state index contributed by atoms with van der Waals surface area (Å²) in [4.78, 5) is 8.46. The van der Waals surface area contributed by atoms with Crippen LogP contribution < -0.4 is 5.46 Å². The molecule has 6 aromatic rings. The Kier molecular flexibility index (Phi) is 7.07. The lowest BCUT2D eigenvalue weighted by Crippen LogP contribution is -2.29. The summed E-state index contributed by atoms with van der Waals surface area (Å²) in [6.07, 6.45) is 7.26. The number of pyridine rings is 2.